The molecule has 0 radical (unpaired) electrons. The number of ketones is 1. The summed E-state index contributed by atoms with van der Waals surface area (Å²) >= 11 is 1.17. The number of carbonyl (C=O) groups is 1. The number of halogens is 2. The van der Waals surface area contributed by atoms with Gasteiger partial charge in [0.1, 0.15) is 5.75 Å². The molecule has 3 aromatic rings. The molecule has 0 aliphatic heterocycles. The molecular weight excluding hydrogens is 386 g/mol. The van der Waals surface area contributed by atoms with Crippen LogP contribution in [-0.2, 0) is 0 Å². The quantitative estimate of drug-likeness (QED) is 0.392. The topological polar surface area (TPSA) is 65.2 Å². The lowest BCUT2D eigenvalue weighted by molar-refractivity contribution is -0.0498. The Morgan fingerprint density at radius 3 is 2.50 bits per heavy atom. The number of carbonyl (C=O) groups excluding carboxylic acids is 1. The summed E-state index contributed by atoms with van der Waals surface area (Å²) in [6.07, 6.45) is 0. The Balaban J connectivity index is 1.70. The van der Waals surface area contributed by atoms with Gasteiger partial charge in [-0.15, -0.1) is 10.2 Å². The van der Waals surface area contributed by atoms with E-state index in [2.05, 4.69) is 14.9 Å². The van der Waals surface area contributed by atoms with Gasteiger partial charge in [-0.05, 0) is 56.7 Å². The Morgan fingerprint density at radius 2 is 1.82 bits per heavy atom. The molecule has 1 atom stereocenters. The van der Waals surface area contributed by atoms with Crippen molar-refractivity contribution >= 4 is 17.5 Å². The zero-order chi connectivity index (χ0) is 20.3. The van der Waals surface area contributed by atoms with Gasteiger partial charge < -0.3 is 9.15 Å². The molecule has 28 heavy (non-hydrogen) atoms. The van der Waals surface area contributed by atoms with E-state index in [0.717, 1.165) is 11.1 Å². The van der Waals surface area contributed by atoms with Crippen molar-refractivity contribution in [1.82, 2.24) is 10.2 Å². The summed E-state index contributed by atoms with van der Waals surface area (Å²) in [6.45, 7) is 2.75. The van der Waals surface area contributed by atoms with Crippen molar-refractivity contribution in [2.75, 3.05) is 0 Å². The molecule has 1 aromatic heterocycles. The van der Waals surface area contributed by atoms with Gasteiger partial charge in [-0.1, -0.05) is 29.5 Å². The average molecular weight is 404 g/mol. The number of thioether (sulfide) groups is 1. The molecular formula is C20H18F2N2O3S. The first kappa shape index (κ1) is 20.0. The lowest BCUT2D eigenvalue weighted by Gasteiger charge is -2.10. The molecule has 0 saturated carbocycles. The first-order valence-electron chi connectivity index (χ1n) is 8.50. The number of benzene rings is 2. The van der Waals surface area contributed by atoms with E-state index in [0.29, 0.717) is 11.1 Å². The first-order valence-corrected chi connectivity index (χ1v) is 9.38. The first-order chi connectivity index (χ1) is 13.3. The summed E-state index contributed by atoms with van der Waals surface area (Å²) in [6, 6.07) is 11.6. The third-order valence-electron chi connectivity index (χ3n) is 4.04. The van der Waals surface area contributed by atoms with Crippen LogP contribution in [0.4, 0.5) is 8.78 Å². The Kier molecular flexibility index (Phi) is 6.08. The maximum Gasteiger partial charge on any atom is 0.387 e. The lowest BCUT2D eigenvalue weighted by atomic mass is 10.0. The van der Waals surface area contributed by atoms with E-state index in [1.165, 1.54) is 23.9 Å². The highest BCUT2D eigenvalue weighted by Gasteiger charge is 2.21. The maximum atomic E-state index is 12.7. The van der Waals surface area contributed by atoms with Crippen molar-refractivity contribution < 1.29 is 22.7 Å². The van der Waals surface area contributed by atoms with Gasteiger partial charge in [0.2, 0.25) is 5.89 Å². The predicted molar refractivity (Wildman–Crippen MR) is 102 cm³/mol. The molecule has 0 amide bonds. The number of nitrogens with zero attached hydrogens (tertiary/aromatic N) is 2. The molecule has 1 heterocycles. The highest BCUT2D eigenvalue weighted by atomic mass is 32.2. The Hall–Kier alpha value is -2.74. The smallest absolute Gasteiger partial charge is 0.387 e. The minimum atomic E-state index is -2.88. The van der Waals surface area contributed by atoms with Crippen LogP contribution >= 0.6 is 11.8 Å². The molecule has 0 aliphatic carbocycles. The van der Waals surface area contributed by atoms with Gasteiger partial charge in [0, 0.05) is 11.1 Å². The standard InChI is InChI=1S/C20H18F2N2O3S/c1-11-4-5-12(2)16(10-11)17(25)13(3)28-20-24-23-18(27-20)14-6-8-15(9-7-14)26-19(21)22/h4-10,13,19H,1-3H3. The minimum absolute atomic E-state index is 0.0144. The summed E-state index contributed by atoms with van der Waals surface area (Å²) in [7, 11) is 0. The van der Waals surface area contributed by atoms with Crippen LogP contribution in [0.2, 0.25) is 0 Å². The van der Waals surface area contributed by atoms with E-state index in [1.54, 1.807) is 19.1 Å². The number of rotatable bonds is 7. The maximum absolute atomic E-state index is 12.7. The Morgan fingerprint density at radius 1 is 1.11 bits per heavy atom. The molecule has 0 fully saturated rings. The highest BCUT2D eigenvalue weighted by molar-refractivity contribution is 8.00. The summed E-state index contributed by atoms with van der Waals surface area (Å²) in [4.78, 5) is 12.7. The molecule has 5 nitrogen and oxygen atoms in total. The van der Waals surface area contributed by atoms with E-state index in [4.69, 9.17) is 4.42 Å². The van der Waals surface area contributed by atoms with Gasteiger partial charge in [-0.2, -0.15) is 8.78 Å². The second kappa shape index (κ2) is 8.52. The van der Waals surface area contributed by atoms with E-state index in [1.807, 2.05) is 32.0 Å². The van der Waals surface area contributed by atoms with E-state index >= 15 is 0 Å². The Bertz CT molecular complexity index is 974. The molecule has 1 unspecified atom stereocenters. The van der Waals surface area contributed by atoms with Crippen LogP contribution in [0.15, 0.2) is 52.1 Å². The minimum Gasteiger partial charge on any atom is -0.435 e. The fourth-order valence-corrected chi connectivity index (χ4v) is 3.33. The molecule has 0 N–H and O–H groups in total. The summed E-state index contributed by atoms with van der Waals surface area (Å²) < 4.78 is 34.3. The molecule has 146 valence electrons. The van der Waals surface area contributed by atoms with Gasteiger partial charge in [0.05, 0.1) is 5.25 Å². The number of hydrogen-bond donors (Lipinski definition) is 0. The SMILES string of the molecule is Cc1ccc(C)c(C(=O)C(C)Sc2nnc(-c3ccc(OC(F)F)cc3)o2)c1. The molecule has 2 aromatic carbocycles. The fraction of sp³-hybridized carbons (Fsp3) is 0.250. The van der Waals surface area contributed by atoms with Gasteiger partial charge >= 0.3 is 6.61 Å². The number of alkyl halides is 2. The van der Waals surface area contributed by atoms with Crippen LogP contribution < -0.4 is 4.74 Å². The van der Waals surface area contributed by atoms with Gasteiger partial charge in [-0.25, -0.2) is 0 Å². The second-order valence-electron chi connectivity index (χ2n) is 6.22. The monoisotopic (exact) mass is 404 g/mol. The highest BCUT2D eigenvalue weighted by Crippen LogP contribution is 2.29. The largest absolute Gasteiger partial charge is 0.435 e. The molecule has 3 rings (SSSR count). The zero-order valence-electron chi connectivity index (χ0n) is 15.5. The molecule has 8 heteroatoms. The lowest BCUT2D eigenvalue weighted by Crippen LogP contribution is -2.15. The van der Waals surface area contributed by atoms with E-state index < -0.39 is 11.9 Å². The fourth-order valence-electron chi connectivity index (χ4n) is 2.58. The molecule has 0 bridgehead atoms. The summed E-state index contributed by atoms with van der Waals surface area (Å²) in [5.74, 6) is 0.262. The van der Waals surface area contributed by atoms with Crippen molar-refractivity contribution in [3.8, 4) is 17.2 Å². The zero-order valence-corrected chi connectivity index (χ0v) is 16.3. The van der Waals surface area contributed by atoms with Crippen molar-refractivity contribution in [1.29, 1.82) is 0 Å². The molecule has 0 aliphatic rings. The summed E-state index contributed by atoms with van der Waals surface area (Å²) in [5.41, 5.74) is 3.18. The Labute approximate surface area is 165 Å². The predicted octanol–water partition coefficient (Wildman–Crippen LogP) is 5.32. The second-order valence-corrected chi connectivity index (χ2v) is 7.51. The van der Waals surface area contributed by atoms with Crippen LogP contribution in [0.25, 0.3) is 11.5 Å². The molecule has 0 spiro atoms. The number of Topliss-reactive ketones (excluding diaryl/α,β-unsaturated/α-hetero) is 1. The van der Waals surface area contributed by atoms with Crippen LogP contribution in [0.5, 0.6) is 5.75 Å². The van der Waals surface area contributed by atoms with Crippen molar-refractivity contribution in [2.45, 2.75) is 37.9 Å². The number of aromatic nitrogens is 2. The van der Waals surface area contributed by atoms with Gasteiger partial charge in [-0.3, -0.25) is 4.79 Å². The van der Waals surface area contributed by atoms with Crippen LogP contribution in [0.1, 0.15) is 28.4 Å². The van der Waals surface area contributed by atoms with E-state index in [-0.39, 0.29) is 22.6 Å². The third-order valence-corrected chi connectivity index (χ3v) is 4.97. The van der Waals surface area contributed by atoms with Gasteiger partial charge in [0.25, 0.3) is 5.22 Å². The van der Waals surface area contributed by atoms with Crippen LogP contribution in [-0.4, -0.2) is 27.8 Å². The molecule has 0 saturated heterocycles. The third kappa shape index (κ3) is 4.75. The van der Waals surface area contributed by atoms with Crippen LogP contribution in [0.3, 0.4) is 0 Å². The number of hydrogen-bond acceptors (Lipinski definition) is 6. The van der Waals surface area contributed by atoms with Crippen molar-refractivity contribution in [2.24, 2.45) is 0 Å². The van der Waals surface area contributed by atoms with Crippen molar-refractivity contribution in [3.05, 3.63) is 59.2 Å². The number of aryl methyl sites for hydroxylation is 2. The average Bonchev–Trinajstić information content (AvgIpc) is 3.11. The normalized spacial score (nSPS) is 12.2. The van der Waals surface area contributed by atoms with Crippen molar-refractivity contribution in [3.63, 3.8) is 0 Å². The number of ether oxygens (including phenoxy) is 1. The van der Waals surface area contributed by atoms with E-state index in [9.17, 15) is 13.6 Å². The summed E-state index contributed by atoms with van der Waals surface area (Å²) in [5, 5.41) is 7.77. The van der Waals surface area contributed by atoms with Gasteiger partial charge in [0.15, 0.2) is 5.78 Å². The van der Waals surface area contributed by atoms with Crippen LogP contribution in [0, 0.1) is 13.8 Å².